The van der Waals surface area contributed by atoms with E-state index in [1.165, 1.54) is 0 Å². The second kappa shape index (κ2) is 19.5. The van der Waals surface area contributed by atoms with E-state index in [-0.39, 0.29) is 35.6 Å². The highest BCUT2D eigenvalue weighted by Gasteiger charge is 2.66. The van der Waals surface area contributed by atoms with E-state index < -0.39 is 44.0 Å². The van der Waals surface area contributed by atoms with Crippen LogP contribution in [0.3, 0.4) is 0 Å². The van der Waals surface area contributed by atoms with E-state index in [1.807, 2.05) is 23.9 Å². The van der Waals surface area contributed by atoms with Gasteiger partial charge in [0.1, 0.15) is 16.1 Å². The summed E-state index contributed by atoms with van der Waals surface area (Å²) in [6.07, 6.45) is 2.61. The average molecular weight is 927 g/mol. The van der Waals surface area contributed by atoms with Crippen molar-refractivity contribution in [3.8, 4) is 0 Å². The first-order valence-electron chi connectivity index (χ1n) is 24.3. The zero-order valence-electron chi connectivity index (χ0n) is 42.1. The molecule has 0 radical (unpaired) electrons. The van der Waals surface area contributed by atoms with Crippen molar-refractivity contribution < 1.29 is 37.3 Å². The van der Waals surface area contributed by atoms with E-state index >= 15 is 0 Å². The standard InChI is InChI=1S/C52H86O8SSi2/c1-17-61-52-29-28-48(11)43(31-45(58-62(15,16)47(8,9)10)51(14,59-48)36-55-63(37(2)3,38(4)5)39(6)7)56-46(52)32-49(12)44(57-52)30-42(54-34-41-26-22-19-23-27-41)50(13,60-49)35-53-33-40-24-20-18-21-25-40/h18-27,37-39,42-46H,17,28-36H2,1-16H3/t42-,43-,44+,45+,46+,48+,49-,50+,51-,52+/m1/s1. The van der Waals surface area contributed by atoms with Crippen LogP contribution in [-0.4, -0.2) is 93.5 Å². The summed E-state index contributed by atoms with van der Waals surface area (Å²) >= 11 is 1.89. The molecule has 0 aromatic heterocycles. The molecule has 4 heterocycles. The normalized spacial score (nSPS) is 35.3. The molecule has 2 aromatic carbocycles. The molecule has 0 saturated carbocycles. The molecular weight excluding hydrogens is 841 g/mol. The summed E-state index contributed by atoms with van der Waals surface area (Å²) in [7, 11) is -4.47. The Morgan fingerprint density at radius 2 is 1.24 bits per heavy atom. The molecule has 63 heavy (non-hydrogen) atoms. The number of thioether (sulfide) groups is 1. The molecule has 0 bridgehead atoms. The smallest absolute Gasteiger partial charge is 0.200 e. The van der Waals surface area contributed by atoms with Crippen molar-refractivity contribution in [3.05, 3.63) is 71.8 Å². The molecule has 356 valence electrons. The average Bonchev–Trinajstić information content (AvgIpc) is 3.29. The van der Waals surface area contributed by atoms with Crippen molar-refractivity contribution in [1.29, 1.82) is 0 Å². The van der Waals surface area contributed by atoms with E-state index in [9.17, 15) is 0 Å². The van der Waals surface area contributed by atoms with Crippen molar-refractivity contribution in [3.63, 3.8) is 0 Å². The molecule has 0 spiro atoms. The highest BCUT2D eigenvalue weighted by atomic mass is 32.2. The van der Waals surface area contributed by atoms with Crippen molar-refractivity contribution in [2.45, 2.75) is 235 Å². The van der Waals surface area contributed by atoms with Crippen LogP contribution in [0.2, 0.25) is 34.8 Å². The van der Waals surface area contributed by atoms with Gasteiger partial charge in [0.15, 0.2) is 16.6 Å². The Labute approximate surface area is 389 Å². The van der Waals surface area contributed by atoms with Gasteiger partial charge in [-0.3, -0.25) is 0 Å². The van der Waals surface area contributed by atoms with Gasteiger partial charge in [0.2, 0.25) is 0 Å². The summed E-state index contributed by atoms with van der Waals surface area (Å²) in [5.41, 5.74) is 1.04. The van der Waals surface area contributed by atoms with Gasteiger partial charge in [-0.05, 0) is 92.2 Å². The number of benzene rings is 2. The van der Waals surface area contributed by atoms with Crippen molar-refractivity contribution in [2.75, 3.05) is 19.0 Å². The minimum Gasteiger partial charge on any atom is -0.413 e. The highest BCUT2D eigenvalue weighted by molar-refractivity contribution is 8.00. The topological polar surface area (TPSA) is 73.8 Å². The van der Waals surface area contributed by atoms with Crippen molar-refractivity contribution in [2.24, 2.45) is 0 Å². The third kappa shape index (κ3) is 10.6. The summed E-state index contributed by atoms with van der Waals surface area (Å²) in [5.74, 6) is 0.903. The molecular formula is C52H86O8SSi2. The van der Waals surface area contributed by atoms with E-state index in [4.69, 9.17) is 37.3 Å². The predicted molar refractivity (Wildman–Crippen MR) is 263 cm³/mol. The number of rotatable bonds is 17. The molecule has 2 aromatic rings. The molecule has 4 saturated heterocycles. The van der Waals surface area contributed by atoms with E-state index in [1.54, 1.807) is 0 Å². The SMILES string of the molecule is CCS[C@@]12CC[C@]3(C)O[C@](C)(CO[Si](C(C)C)(C(C)C)C(C)C)[C@@H](O[Si](C)(C)C(C)(C)C)C[C@H]3O[C@H]1C[C@@]1(C)O[C@@](C)(COCc3ccccc3)[C@H](OCc3ccccc3)C[C@@H]1O2. The van der Waals surface area contributed by atoms with Gasteiger partial charge in [0.25, 0.3) is 0 Å². The fourth-order valence-corrected chi connectivity index (χ4v) is 19.6. The monoisotopic (exact) mass is 927 g/mol. The molecule has 10 atom stereocenters. The molecule has 11 heteroatoms. The van der Waals surface area contributed by atoms with Crippen LogP contribution in [0.5, 0.6) is 0 Å². The summed E-state index contributed by atoms with van der Waals surface area (Å²) in [5, 5.41) is 0.0261. The molecule has 4 aliphatic heterocycles. The van der Waals surface area contributed by atoms with E-state index in [0.29, 0.717) is 55.9 Å². The summed E-state index contributed by atoms with van der Waals surface area (Å²) in [6, 6.07) is 20.8. The van der Waals surface area contributed by atoms with Crippen LogP contribution in [0.4, 0.5) is 0 Å². The van der Waals surface area contributed by atoms with Gasteiger partial charge in [0.05, 0.1) is 68.1 Å². The number of hydrogen-bond donors (Lipinski definition) is 0. The van der Waals surface area contributed by atoms with Crippen LogP contribution in [0.15, 0.2) is 60.7 Å². The maximum Gasteiger partial charge on any atom is 0.200 e. The van der Waals surface area contributed by atoms with Crippen molar-refractivity contribution in [1.82, 2.24) is 0 Å². The molecule has 4 fully saturated rings. The van der Waals surface area contributed by atoms with Crippen LogP contribution in [-0.2, 0) is 50.5 Å². The Kier molecular flexibility index (Phi) is 15.9. The largest absolute Gasteiger partial charge is 0.413 e. The second-order valence-electron chi connectivity index (χ2n) is 22.8. The fourth-order valence-electron chi connectivity index (χ4n) is 11.4. The van der Waals surface area contributed by atoms with E-state index in [0.717, 1.165) is 36.1 Å². The number of hydrogen-bond acceptors (Lipinski definition) is 9. The maximum atomic E-state index is 7.67. The van der Waals surface area contributed by atoms with Crippen LogP contribution < -0.4 is 0 Å². The molecule has 4 aliphatic rings. The Morgan fingerprint density at radius 3 is 1.79 bits per heavy atom. The minimum absolute atomic E-state index is 0.0261. The predicted octanol–water partition coefficient (Wildman–Crippen LogP) is 13.0. The fraction of sp³-hybridized carbons (Fsp3) is 0.769. The quantitative estimate of drug-likeness (QED) is 0.144. The van der Waals surface area contributed by atoms with Gasteiger partial charge in [-0.1, -0.05) is 130 Å². The van der Waals surface area contributed by atoms with Crippen LogP contribution >= 0.6 is 11.8 Å². The Balaban J connectivity index is 1.32. The Morgan fingerprint density at radius 1 is 0.698 bits per heavy atom. The Hall–Kier alpha value is -1.10. The zero-order chi connectivity index (χ0) is 46.3. The second-order valence-corrected chi connectivity index (χ2v) is 34.6. The summed E-state index contributed by atoms with van der Waals surface area (Å²) in [6.45, 7) is 39.0. The van der Waals surface area contributed by atoms with Crippen molar-refractivity contribution >= 4 is 28.4 Å². The van der Waals surface area contributed by atoms with Gasteiger partial charge in [-0.25, -0.2) is 0 Å². The van der Waals surface area contributed by atoms with Crippen LogP contribution in [0, 0.1) is 0 Å². The number of fused-ring (bicyclic) bond motifs is 3. The summed E-state index contributed by atoms with van der Waals surface area (Å²) in [4.78, 5) is -0.578. The lowest BCUT2D eigenvalue weighted by molar-refractivity contribution is -0.342. The molecule has 0 aliphatic carbocycles. The third-order valence-corrected chi connectivity index (χ3v) is 27.9. The first-order valence-corrected chi connectivity index (χ1v) is 30.4. The number of ether oxygens (including phenoxy) is 6. The van der Waals surface area contributed by atoms with E-state index in [2.05, 4.69) is 159 Å². The first kappa shape index (κ1) is 51.3. The highest BCUT2D eigenvalue weighted by Crippen LogP contribution is 2.58. The lowest BCUT2D eigenvalue weighted by Crippen LogP contribution is -2.70. The van der Waals surface area contributed by atoms with Crippen LogP contribution in [0.25, 0.3) is 0 Å². The lowest BCUT2D eigenvalue weighted by atomic mass is 9.76. The molecule has 8 nitrogen and oxygen atoms in total. The van der Waals surface area contributed by atoms with Gasteiger partial charge in [-0.2, -0.15) is 0 Å². The van der Waals surface area contributed by atoms with Gasteiger partial charge in [-0.15, -0.1) is 11.8 Å². The Bertz CT molecular complexity index is 1750. The van der Waals surface area contributed by atoms with Gasteiger partial charge < -0.3 is 37.3 Å². The zero-order valence-corrected chi connectivity index (χ0v) is 45.0. The van der Waals surface area contributed by atoms with Gasteiger partial charge >= 0.3 is 0 Å². The lowest BCUT2D eigenvalue weighted by Gasteiger charge is -2.60. The molecule has 0 N–H and O–H groups in total. The summed E-state index contributed by atoms with van der Waals surface area (Å²) < 4.78 is 58.6. The third-order valence-electron chi connectivity index (χ3n) is 16.0. The maximum absolute atomic E-state index is 7.67. The van der Waals surface area contributed by atoms with Crippen LogP contribution in [0.1, 0.15) is 140 Å². The molecule has 0 amide bonds. The molecule has 0 unspecified atom stereocenters. The first-order chi connectivity index (χ1) is 29.4. The van der Waals surface area contributed by atoms with Gasteiger partial charge in [0, 0.05) is 19.3 Å². The minimum atomic E-state index is -2.25. The molecule has 6 rings (SSSR count).